The lowest BCUT2D eigenvalue weighted by atomic mass is 9.91. The van der Waals surface area contributed by atoms with Crippen LogP contribution in [0.3, 0.4) is 0 Å². The van der Waals surface area contributed by atoms with Crippen LogP contribution in [0.25, 0.3) is 0 Å². The summed E-state index contributed by atoms with van der Waals surface area (Å²) in [6.07, 6.45) is 2.40. The summed E-state index contributed by atoms with van der Waals surface area (Å²) in [5.74, 6) is 0.387. The minimum absolute atomic E-state index is 0.0845. The molecule has 0 amide bonds. The van der Waals surface area contributed by atoms with E-state index < -0.39 is 16.0 Å². The summed E-state index contributed by atoms with van der Waals surface area (Å²) in [6.45, 7) is 5.14. The maximum Gasteiger partial charge on any atom is 0.337 e. The van der Waals surface area contributed by atoms with Crippen LogP contribution in [-0.2, 0) is 14.8 Å². The van der Waals surface area contributed by atoms with E-state index in [2.05, 4.69) is 19.6 Å². The summed E-state index contributed by atoms with van der Waals surface area (Å²) in [5, 5.41) is 0. The van der Waals surface area contributed by atoms with Crippen LogP contribution in [0.5, 0.6) is 0 Å². The molecule has 3 fully saturated rings. The summed E-state index contributed by atoms with van der Waals surface area (Å²) >= 11 is 0. The third-order valence-corrected chi connectivity index (χ3v) is 7.61. The Hall–Kier alpha value is -2.52. The number of piperazine rings is 1. The van der Waals surface area contributed by atoms with Gasteiger partial charge in [-0.15, -0.1) is 0 Å². The molecule has 2 unspecified atom stereocenters. The second-order valence-corrected chi connectivity index (χ2v) is 9.05. The Bertz CT molecular complexity index is 1010. The Balaban J connectivity index is 1.54. The van der Waals surface area contributed by atoms with Gasteiger partial charge in [0.2, 0.25) is 10.0 Å². The van der Waals surface area contributed by atoms with E-state index in [0.29, 0.717) is 18.7 Å². The zero-order chi connectivity index (χ0) is 20.1. The quantitative estimate of drug-likeness (QED) is 0.716. The van der Waals surface area contributed by atoms with Gasteiger partial charge in [-0.1, -0.05) is 0 Å². The van der Waals surface area contributed by atoms with Crippen LogP contribution < -0.4 is 4.90 Å². The van der Waals surface area contributed by atoms with Crippen molar-refractivity contribution in [3.63, 3.8) is 0 Å². The molecule has 1 aromatic heterocycles. The summed E-state index contributed by atoms with van der Waals surface area (Å²) in [5.41, 5.74) is 2.28. The Morgan fingerprint density at radius 1 is 1.11 bits per heavy atom. The number of fused-ring (bicyclic) bond motifs is 2. The monoisotopic (exact) mass is 402 g/mol. The van der Waals surface area contributed by atoms with E-state index in [9.17, 15) is 13.2 Å². The van der Waals surface area contributed by atoms with E-state index in [1.165, 1.54) is 31.4 Å². The number of nitrogens with zero attached hydrogens (tertiary/aromatic N) is 4. The highest BCUT2D eigenvalue weighted by Crippen LogP contribution is 2.39. The second-order valence-electron chi connectivity index (χ2n) is 7.21. The predicted molar refractivity (Wildman–Crippen MR) is 103 cm³/mol. The normalized spacial score (nSPS) is 21.9. The molecule has 28 heavy (non-hydrogen) atoms. The molecular formula is C19H22N4O4S. The van der Waals surface area contributed by atoms with E-state index in [4.69, 9.17) is 0 Å². The molecule has 8 nitrogen and oxygen atoms in total. The molecule has 2 aromatic rings. The molecule has 3 aliphatic heterocycles. The number of esters is 1. The third kappa shape index (κ3) is 2.94. The highest BCUT2D eigenvalue weighted by atomic mass is 32.2. The lowest BCUT2D eigenvalue weighted by Gasteiger charge is -2.55. The van der Waals surface area contributed by atoms with E-state index in [1.807, 2.05) is 13.8 Å². The Morgan fingerprint density at radius 2 is 1.75 bits per heavy atom. The molecule has 1 aromatic carbocycles. The number of carbonyl (C=O) groups excluding carboxylic acids is 1. The average Bonchev–Trinajstić information content (AvgIpc) is 2.69. The van der Waals surface area contributed by atoms with Gasteiger partial charge in [0.05, 0.1) is 17.6 Å². The molecule has 0 spiro atoms. The van der Waals surface area contributed by atoms with E-state index >= 15 is 0 Å². The van der Waals surface area contributed by atoms with Gasteiger partial charge in [-0.25, -0.2) is 23.2 Å². The van der Waals surface area contributed by atoms with Gasteiger partial charge in [-0.05, 0) is 44.5 Å². The molecule has 2 bridgehead atoms. The number of benzene rings is 1. The number of carbonyl (C=O) groups is 1. The second kappa shape index (κ2) is 6.82. The van der Waals surface area contributed by atoms with E-state index in [-0.39, 0.29) is 17.0 Å². The molecule has 0 aliphatic carbocycles. The van der Waals surface area contributed by atoms with Crippen molar-refractivity contribution in [3.05, 3.63) is 47.4 Å². The number of ether oxygens (including phenoxy) is 1. The predicted octanol–water partition coefficient (Wildman–Crippen LogP) is 1.53. The first kappa shape index (κ1) is 18.8. The number of anilines is 1. The highest BCUT2D eigenvalue weighted by molar-refractivity contribution is 7.89. The number of hydrogen-bond donors (Lipinski definition) is 0. The van der Waals surface area contributed by atoms with Gasteiger partial charge in [0.25, 0.3) is 0 Å². The molecule has 0 N–H and O–H groups in total. The zero-order valence-electron chi connectivity index (χ0n) is 16.0. The minimum Gasteiger partial charge on any atom is -0.465 e. The number of aryl methyl sites for hydroxylation is 1. The molecule has 2 atom stereocenters. The smallest absolute Gasteiger partial charge is 0.337 e. The summed E-state index contributed by atoms with van der Waals surface area (Å²) < 4.78 is 32.5. The van der Waals surface area contributed by atoms with Crippen molar-refractivity contribution < 1.29 is 17.9 Å². The number of hydrogen-bond acceptors (Lipinski definition) is 7. The molecule has 3 aliphatic rings. The average molecular weight is 402 g/mol. The Labute approximate surface area is 164 Å². The standard InChI is InChI=1S/C19H22N4O4S/c1-12-13(2)20-11-21-18(12)22-9-15-8-16(10-22)23(15)28(25,26)17-6-4-14(5-7-17)19(24)27-3/h4-7,11,15-16H,8-10H2,1-3H3. The van der Waals surface area contributed by atoms with E-state index in [1.54, 1.807) is 10.6 Å². The maximum absolute atomic E-state index is 13.1. The van der Waals surface area contributed by atoms with Gasteiger partial charge < -0.3 is 9.64 Å². The largest absolute Gasteiger partial charge is 0.465 e. The van der Waals surface area contributed by atoms with Crippen LogP contribution in [0, 0.1) is 13.8 Å². The summed E-state index contributed by atoms with van der Waals surface area (Å²) in [6, 6.07) is 5.72. The first-order valence-electron chi connectivity index (χ1n) is 9.08. The number of methoxy groups -OCH3 is 1. The van der Waals surface area contributed by atoms with Gasteiger partial charge in [0, 0.05) is 36.4 Å². The number of sulfonamides is 1. The van der Waals surface area contributed by atoms with Crippen molar-refractivity contribution >= 4 is 21.8 Å². The highest BCUT2D eigenvalue weighted by Gasteiger charge is 2.51. The SMILES string of the molecule is COC(=O)c1ccc(S(=O)(=O)N2C3CC2CN(c2ncnc(C)c2C)C3)cc1. The first-order chi connectivity index (χ1) is 13.3. The number of aromatic nitrogens is 2. The molecule has 0 radical (unpaired) electrons. The fraction of sp³-hybridized carbons (Fsp3) is 0.421. The fourth-order valence-electron chi connectivity index (χ4n) is 3.99. The Morgan fingerprint density at radius 3 is 2.36 bits per heavy atom. The zero-order valence-corrected chi connectivity index (χ0v) is 16.8. The van der Waals surface area contributed by atoms with Crippen LogP contribution >= 0.6 is 0 Å². The summed E-state index contributed by atoms with van der Waals surface area (Å²) in [4.78, 5) is 22.5. The van der Waals surface area contributed by atoms with Crippen LogP contribution in [0.15, 0.2) is 35.5 Å². The van der Waals surface area contributed by atoms with Gasteiger partial charge in [0.15, 0.2) is 0 Å². The molecule has 4 heterocycles. The first-order valence-corrected chi connectivity index (χ1v) is 10.5. The minimum atomic E-state index is -3.61. The molecule has 5 rings (SSSR count). The van der Waals surface area contributed by atoms with Crippen LogP contribution in [-0.4, -0.2) is 60.9 Å². The molecule has 9 heteroatoms. The third-order valence-electron chi connectivity index (χ3n) is 5.59. The molecule has 3 saturated heterocycles. The number of rotatable bonds is 4. The van der Waals surface area contributed by atoms with Gasteiger partial charge in [-0.2, -0.15) is 4.31 Å². The van der Waals surface area contributed by atoms with Crippen molar-refractivity contribution in [2.75, 3.05) is 25.1 Å². The van der Waals surface area contributed by atoms with Crippen LogP contribution in [0.1, 0.15) is 28.0 Å². The maximum atomic E-state index is 13.1. The lowest BCUT2D eigenvalue weighted by molar-refractivity contribution is 0.0600. The van der Waals surface area contributed by atoms with E-state index in [0.717, 1.165) is 23.5 Å². The van der Waals surface area contributed by atoms with Crippen molar-refractivity contribution in [1.82, 2.24) is 14.3 Å². The van der Waals surface area contributed by atoms with Crippen molar-refractivity contribution in [3.8, 4) is 0 Å². The van der Waals surface area contributed by atoms with Crippen molar-refractivity contribution in [2.24, 2.45) is 0 Å². The van der Waals surface area contributed by atoms with Crippen LogP contribution in [0.4, 0.5) is 5.82 Å². The van der Waals surface area contributed by atoms with Gasteiger partial charge >= 0.3 is 5.97 Å². The summed E-state index contributed by atoms with van der Waals surface area (Å²) in [7, 11) is -2.32. The molecular weight excluding hydrogens is 380 g/mol. The lowest BCUT2D eigenvalue weighted by Crippen LogP contribution is -2.70. The topological polar surface area (TPSA) is 92.7 Å². The van der Waals surface area contributed by atoms with Crippen molar-refractivity contribution in [1.29, 1.82) is 0 Å². The van der Waals surface area contributed by atoms with Crippen molar-refractivity contribution in [2.45, 2.75) is 37.2 Å². The van der Waals surface area contributed by atoms with Gasteiger partial charge in [0.1, 0.15) is 12.1 Å². The fourth-order valence-corrected chi connectivity index (χ4v) is 5.80. The van der Waals surface area contributed by atoms with Gasteiger partial charge in [-0.3, -0.25) is 0 Å². The Kier molecular flexibility index (Phi) is 4.59. The number of piperidine rings is 1. The molecule has 0 saturated carbocycles. The molecule has 148 valence electrons. The van der Waals surface area contributed by atoms with Crippen LogP contribution in [0.2, 0.25) is 0 Å².